The molecule has 1 aliphatic rings. The van der Waals surface area contributed by atoms with Crippen molar-refractivity contribution >= 4 is 12.7 Å². The van der Waals surface area contributed by atoms with Gasteiger partial charge in [-0.2, -0.15) is 4.99 Å². The van der Waals surface area contributed by atoms with Crippen molar-refractivity contribution in [2.24, 2.45) is 10.1 Å². The standard InChI is InChI=1S/C5H10N3O/c1-2-8(5-9)4-6-3-7-8/h3-4,9H,2,5H2,1H3/q+1. The van der Waals surface area contributed by atoms with Crippen LogP contribution in [0.4, 0.5) is 0 Å². The Hall–Kier alpha value is -0.740. The van der Waals surface area contributed by atoms with E-state index in [9.17, 15) is 0 Å². The third-order valence-electron chi connectivity index (χ3n) is 1.42. The third kappa shape index (κ3) is 0.988. The number of nitrogens with zero attached hydrogens (tertiary/aromatic N) is 3. The van der Waals surface area contributed by atoms with Gasteiger partial charge in [-0.25, -0.2) is 0 Å². The lowest BCUT2D eigenvalue weighted by molar-refractivity contribution is -0.857. The lowest BCUT2D eigenvalue weighted by Crippen LogP contribution is -2.40. The number of quaternary nitrogens is 1. The van der Waals surface area contributed by atoms with Crippen LogP contribution in [-0.2, 0) is 0 Å². The quantitative estimate of drug-likeness (QED) is 0.512. The molecule has 1 atom stereocenters. The summed E-state index contributed by atoms with van der Waals surface area (Å²) in [5.41, 5.74) is 0. The van der Waals surface area contributed by atoms with Gasteiger partial charge in [0.2, 0.25) is 13.1 Å². The van der Waals surface area contributed by atoms with Gasteiger partial charge in [0.1, 0.15) is 6.54 Å². The molecule has 50 valence electrons. The maximum atomic E-state index is 8.78. The first-order chi connectivity index (χ1) is 4.33. The Morgan fingerprint density at radius 2 is 2.44 bits per heavy atom. The van der Waals surface area contributed by atoms with Crippen molar-refractivity contribution in [1.29, 1.82) is 0 Å². The van der Waals surface area contributed by atoms with Crippen LogP contribution in [0.25, 0.3) is 0 Å². The lowest BCUT2D eigenvalue weighted by Gasteiger charge is -2.18. The average Bonchev–Trinajstić information content (AvgIpc) is 2.36. The molecule has 1 heterocycles. The van der Waals surface area contributed by atoms with Gasteiger partial charge in [0.25, 0.3) is 0 Å². The fourth-order valence-electron chi connectivity index (χ4n) is 0.653. The predicted molar refractivity (Wildman–Crippen MR) is 34.9 cm³/mol. The topological polar surface area (TPSA) is 45.0 Å². The first-order valence-corrected chi connectivity index (χ1v) is 2.89. The summed E-state index contributed by atoms with van der Waals surface area (Å²) >= 11 is 0. The van der Waals surface area contributed by atoms with Gasteiger partial charge in [-0.15, -0.1) is 4.59 Å². The van der Waals surface area contributed by atoms with Crippen molar-refractivity contribution in [3.8, 4) is 0 Å². The van der Waals surface area contributed by atoms with E-state index in [-0.39, 0.29) is 11.3 Å². The number of hydrogen-bond donors (Lipinski definition) is 1. The second-order valence-electron chi connectivity index (χ2n) is 1.94. The summed E-state index contributed by atoms with van der Waals surface area (Å²) in [7, 11) is 0. The van der Waals surface area contributed by atoms with E-state index in [4.69, 9.17) is 5.11 Å². The zero-order valence-electron chi connectivity index (χ0n) is 5.36. The Morgan fingerprint density at radius 1 is 1.67 bits per heavy atom. The number of rotatable bonds is 2. The van der Waals surface area contributed by atoms with Gasteiger partial charge in [-0.05, 0) is 6.92 Å². The minimum absolute atomic E-state index is 0.00347. The minimum Gasteiger partial charge on any atom is -0.345 e. The number of hydrogen-bond acceptors (Lipinski definition) is 3. The molecule has 0 aliphatic carbocycles. The molecular weight excluding hydrogens is 118 g/mol. The molecule has 9 heavy (non-hydrogen) atoms. The van der Waals surface area contributed by atoms with Gasteiger partial charge in [0.05, 0.1) is 0 Å². The van der Waals surface area contributed by atoms with E-state index >= 15 is 0 Å². The van der Waals surface area contributed by atoms with Gasteiger partial charge in [0.15, 0.2) is 6.34 Å². The van der Waals surface area contributed by atoms with E-state index in [2.05, 4.69) is 10.1 Å². The first kappa shape index (κ1) is 6.38. The fourth-order valence-corrected chi connectivity index (χ4v) is 0.653. The number of aliphatic hydroxyl groups excluding tert-OH is 1. The van der Waals surface area contributed by atoms with Gasteiger partial charge in [-0.1, -0.05) is 5.10 Å². The first-order valence-electron chi connectivity index (χ1n) is 2.89. The average molecular weight is 128 g/mol. The van der Waals surface area contributed by atoms with Gasteiger partial charge in [-0.3, -0.25) is 0 Å². The second kappa shape index (κ2) is 2.24. The van der Waals surface area contributed by atoms with E-state index in [0.29, 0.717) is 0 Å². The molecule has 1 rings (SSSR count). The summed E-state index contributed by atoms with van der Waals surface area (Å²) in [6.45, 7) is 2.69. The lowest BCUT2D eigenvalue weighted by atomic mass is 10.6. The normalized spacial score (nSPS) is 31.8. The zero-order valence-corrected chi connectivity index (χ0v) is 5.36. The summed E-state index contributed by atoms with van der Waals surface area (Å²) in [5, 5.41) is 12.7. The highest BCUT2D eigenvalue weighted by Gasteiger charge is 2.23. The molecule has 1 N–H and O–H groups in total. The van der Waals surface area contributed by atoms with Gasteiger partial charge >= 0.3 is 0 Å². The summed E-state index contributed by atoms with van der Waals surface area (Å²) in [4.78, 5) is 3.77. The maximum absolute atomic E-state index is 8.78. The van der Waals surface area contributed by atoms with E-state index < -0.39 is 0 Å². The highest BCUT2D eigenvalue weighted by atomic mass is 16.3. The monoisotopic (exact) mass is 128 g/mol. The Kier molecular flexibility index (Phi) is 1.59. The molecule has 0 radical (unpaired) electrons. The zero-order chi connectivity index (χ0) is 6.74. The van der Waals surface area contributed by atoms with E-state index in [1.807, 2.05) is 6.92 Å². The highest BCUT2D eigenvalue weighted by molar-refractivity contribution is 5.70. The molecule has 0 fully saturated rings. The van der Waals surface area contributed by atoms with Crippen LogP contribution in [-0.4, -0.2) is 35.7 Å². The molecule has 1 aliphatic heterocycles. The molecule has 4 nitrogen and oxygen atoms in total. The van der Waals surface area contributed by atoms with Crippen LogP contribution in [0.1, 0.15) is 6.92 Å². The summed E-state index contributed by atoms with van der Waals surface area (Å²) < 4.78 is 0.222. The second-order valence-corrected chi connectivity index (χ2v) is 1.94. The van der Waals surface area contributed by atoms with Crippen LogP contribution in [0.3, 0.4) is 0 Å². The summed E-state index contributed by atoms with van der Waals surface area (Å²) in [6, 6.07) is 0. The molecule has 0 bridgehead atoms. The molecule has 0 spiro atoms. The minimum atomic E-state index is -0.00347. The van der Waals surface area contributed by atoms with Crippen LogP contribution in [0, 0.1) is 0 Å². The molecular formula is C5H10N3O+. The summed E-state index contributed by atoms with van der Waals surface area (Å²) in [6.07, 6.45) is 3.08. The van der Waals surface area contributed by atoms with Crippen LogP contribution >= 0.6 is 0 Å². The van der Waals surface area contributed by atoms with Gasteiger partial charge in [0, 0.05) is 0 Å². The van der Waals surface area contributed by atoms with Crippen molar-refractivity contribution in [1.82, 2.24) is 0 Å². The molecule has 0 aromatic carbocycles. The number of aliphatic hydroxyl groups is 1. The van der Waals surface area contributed by atoms with E-state index in [1.165, 1.54) is 6.34 Å². The van der Waals surface area contributed by atoms with Crippen molar-refractivity contribution < 1.29 is 9.70 Å². The molecule has 0 aromatic rings. The van der Waals surface area contributed by atoms with Crippen molar-refractivity contribution in [3.63, 3.8) is 0 Å². The SMILES string of the molecule is CC[N+]1(CO)C=NC=N1. The van der Waals surface area contributed by atoms with Crippen molar-refractivity contribution in [2.75, 3.05) is 13.3 Å². The molecule has 0 amide bonds. The number of aliphatic imine (C=N–C) groups is 1. The highest BCUT2D eigenvalue weighted by Crippen LogP contribution is 2.05. The van der Waals surface area contributed by atoms with E-state index in [1.54, 1.807) is 6.34 Å². The molecule has 0 saturated heterocycles. The Morgan fingerprint density at radius 3 is 2.67 bits per heavy atom. The van der Waals surface area contributed by atoms with Crippen LogP contribution < -0.4 is 0 Å². The predicted octanol–water partition coefficient (Wildman–Crippen LogP) is -0.242. The van der Waals surface area contributed by atoms with Crippen molar-refractivity contribution in [2.45, 2.75) is 6.92 Å². The van der Waals surface area contributed by atoms with Crippen LogP contribution in [0.2, 0.25) is 0 Å². The molecule has 1 unspecified atom stereocenters. The fraction of sp³-hybridized carbons (Fsp3) is 0.600. The van der Waals surface area contributed by atoms with Crippen LogP contribution in [0.15, 0.2) is 10.1 Å². The molecule has 4 heteroatoms. The Bertz CT molecular complexity index is 134. The van der Waals surface area contributed by atoms with Crippen molar-refractivity contribution in [3.05, 3.63) is 0 Å². The van der Waals surface area contributed by atoms with Crippen LogP contribution in [0.5, 0.6) is 0 Å². The summed E-state index contributed by atoms with van der Waals surface area (Å²) in [5.74, 6) is 0. The largest absolute Gasteiger partial charge is 0.345 e. The van der Waals surface area contributed by atoms with E-state index in [0.717, 1.165) is 6.54 Å². The Balaban J connectivity index is 2.69. The Labute approximate surface area is 53.7 Å². The van der Waals surface area contributed by atoms with Gasteiger partial charge < -0.3 is 5.11 Å². The molecule has 0 aromatic heterocycles. The smallest absolute Gasteiger partial charge is 0.220 e. The third-order valence-corrected chi connectivity index (χ3v) is 1.42. The molecule has 0 saturated carbocycles. The maximum Gasteiger partial charge on any atom is 0.220 e.